The lowest BCUT2D eigenvalue weighted by Crippen LogP contribution is -2.42. The third kappa shape index (κ3) is 5.68. The first-order chi connectivity index (χ1) is 13.6. The average Bonchev–Trinajstić information content (AvgIpc) is 3.25. The van der Waals surface area contributed by atoms with Gasteiger partial charge in [0.2, 0.25) is 10.0 Å². The number of rotatable bonds is 7. The van der Waals surface area contributed by atoms with Gasteiger partial charge < -0.3 is 15.4 Å². The molecule has 3 rings (SSSR count). The summed E-state index contributed by atoms with van der Waals surface area (Å²) in [5, 5.41) is 6.64. The number of hydrogen-bond donors (Lipinski definition) is 2. The van der Waals surface area contributed by atoms with Crippen LogP contribution < -0.4 is 10.6 Å². The molecule has 7 nitrogen and oxygen atoms in total. The van der Waals surface area contributed by atoms with Crippen LogP contribution in [-0.2, 0) is 14.8 Å². The standard InChI is InChI=1S/C20H32N4O3S/c1-2-21-20(23-16-18-7-6-14-27-18)22-15-17-10-12-24(13-11-17)28(25,26)19-8-4-3-5-9-19/h3-5,8-9,17-18H,2,6-7,10-16H2,1H3,(H2,21,22,23). The second kappa shape index (κ2) is 10.2. The number of nitrogens with one attached hydrogen (secondary N) is 2. The highest BCUT2D eigenvalue weighted by Crippen LogP contribution is 2.23. The quantitative estimate of drug-likeness (QED) is 0.531. The molecule has 2 N–H and O–H groups in total. The van der Waals surface area contributed by atoms with Crippen molar-refractivity contribution in [3.8, 4) is 0 Å². The summed E-state index contributed by atoms with van der Waals surface area (Å²) >= 11 is 0. The zero-order chi connectivity index (χ0) is 19.8. The summed E-state index contributed by atoms with van der Waals surface area (Å²) in [4.78, 5) is 5.09. The Morgan fingerprint density at radius 3 is 2.57 bits per heavy atom. The lowest BCUT2D eigenvalue weighted by atomic mass is 9.98. The third-order valence-corrected chi connectivity index (χ3v) is 7.24. The van der Waals surface area contributed by atoms with Crippen LogP contribution in [0.2, 0.25) is 0 Å². The molecule has 2 aliphatic rings. The van der Waals surface area contributed by atoms with E-state index < -0.39 is 10.0 Å². The molecule has 8 heteroatoms. The molecule has 2 heterocycles. The van der Waals surface area contributed by atoms with Gasteiger partial charge in [0.05, 0.1) is 11.0 Å². The minimum atomic E-state index is -3.38. The van der Waals surface area contributed by atoms with Crippen LogP contribution >= 0.6 is 0 Å². The fourth-order valence-electron chi connectivity index (χ4n) is 3.65. The number of guanidine groups is 1. The maximum Gasteiger partial charge on any atom is 0.243 e. The van der Waals surface area contributed by atoms with E-state index in [1.54, 1.807) is 28.6 Å². The van der Waals surface area contributed by atoms with Crippen molar-refractivity contribution in [2.45, 2.75) is 43.6 Å². The first-order valence-corrected chi connectivity index (χ1v) is 11.7. The van der Waals surface area contributed by atoms with Gasteiger partial charge in [0.15, 0.2) is 5.96 Å². The summed E-state index contributed by atoms with van der Waals surface area (Å²) in [6.45, 7) is 6.31. The summed E-state index contributed by atoms with van der Waals surface area (Å²) in [6, 6.07) is 8.68. The van der Waals surface area contributed by atoms with Gasteiger partial charge in [0, 0.05) is 39.3 Å². The topological polar surface area (TPSA) is 83.0 Å². The van der Waals surface area contributed by atoms with Gasteiger partial charge in [-0.3, -0.25) is 4.99 Å². The van der Waals surface area contributed by atoms with E-state index in [2.05, 4.69) is 17.6 Å². The molecular weight excluding hydrogens is 376 g/mol. The van der Waals surface area contributed by atoms with Gasteiger partial charge in [-0.25, -0.2) is 8.42 Å². The summed E-state index contributed by atoms with van der Waals surface area (Å²) in [5.74, 6) is 1.22. The van der Waals surface area contributed by atoms with E-state index in [0.717, 1.165) is 51.3 Å². The predicted molar refractivity (Wildman–Crippen MR) is 111 cm³/mol. The number of hydrogen-bond acceptors (Lipinski definition) is 4. The highest BCUT2D eigenvalue weighted by molar-refractivity contribution is 7.89. The van der Waals surface area contributed by atoms with Crippen molar-refractivity contribution < 1.29 is 13.2 Å². The van der Waals surface area contributed by atoms with Gasteiger partial charge in [-0.2, -0.15) is 4.31 Å². The van der Waals surface area contributed by atoms with Gasteiger partial charge in [0.1, 0.15) is 0 Å². The van der Waals surface area contributed by atoms with Crippen molar-refractivity contribution in [3.05, 3.63) is 30.3 Å². The molecule has 1 aromatic rings. The SMILES string of the molecule is CCNC(=NCC1CCN(S(=O)(=O)c2ccccc2)CC1)NCC1CCCO1. The molecule has 1 aromatic carbocycles. The van der Waals surface area contributed by atoms with Crippen molar-refractivity contribution in [2.75, 3.05) is 39.3 Å². The largest absolute Gasteiger partial charge is 0.376 e. The van der Waals surface area contributed by atoms with Crippen LogP contribution in [0.3, 0.4) is 0 Å². The zero-order valence-electron chi connectivity index (χ0n) is 16.6. The first-order valence-electron chi connectivity index (χ1n) is 10.3. The number of ether oxygens (including phenoxy) is 1. The average molecular weight is 409 g/mol. The van der Waals surface area contributed by atoms with Crippen molar-refractivity contribution in [1.82, 2.24) is 14.9 Å². The van der Waals surface area contributed by atoms with E-state index in [9.17, 15) is 8.42 Å². The molecule has 156 valence electrons. The van der Waals surface area contributed by atoms with Crippen molar-refractivity contribution >= 4 is 16.0 Å². The summed E-state index contributed by atoms with van der Waals surface area (Å²) < 4.78 is 32.7. The highest BCUT2D eigenvalue weighted by atomic mass is 32.2. The van der Waals surface area contributed by atoms with Crippen LogP contribution in [-0.4, -0.2) is 64.1 Å². The lowest BCUT2D eigenvalue weighted by molar-refractivity contribution is 0.114. The fraction of sp³-hybridized carbons (Fsp3) is 0.650. The van der Waals surface area contributed by atoms with Crippen LogP contribution in [0.25, 0.3) is 0 Å². The Hall–Kier alpha value is -1.64. The predicted octanol–water partition coefficient (Wildman–Crippen LogP) is 1.82. The van der Waals surface area contributed by atoms with Crippen LogP contribution in [0.15, 0.2) is 40.2 Å². The van der Waals surface area contributed by atoms with Crippen LogP contribution in [0, 0.1) is 5.92 Å². The van der Waals surface area contributed by atoms with Gasteiger partial charge in [0.25, 0.3) is 0 Å². The molecule has 0 radical (unpaired) electrons. The minimum absolute atomic E-state index is 0.273. The molecular formula is C20H32N4O3S. The van der Waals surface area contributed by atoms with E-state index in [1.807, 2.05) is 6.07 Å². The fourth-order valence-corrected chi connectivity index (χ4v) is 5.14. The maximum absolute atomic E-state index is 12.7. The molecule has 0 spiro atoms. The summed E-state index contributed by atoms with van der Waals surface area (Å²) in [6.07, 6.45) is 4.17. The summed E-state index contributed by atoms with van der Waals surface area (Å²) in [5.41, 5.74) is 0. The Bertz CT molecular complexity index is 725. The normalized spacial score (nSPS) is 22.3. The molecule has 28 heavy (non-hydrogen) atoms. The van der Waals surface area contributed by atoms with Gasteiger partial charge in [-0.1, -0.05) is 18.2 Å². The molecule has 0 aromatic heterocycles. The monoisotopic (exact) mass is 408 g/mol. The number of sulfonamides is 1. The molecule has 0 amide bonds. The van der Waals surface area contributed by atoms with Gasteiger partial charge in [-0.05, 0) is 50.7 Å². The number of nitrogens with zero attached hydrogens (tertiary/aromatic N) is 2. The van der Waals surface area contributed by atoms with Crippen LogP contribution in [0.1, 0.15) is 32.6 Å². The number of aliphatic imine (C=N–C) groups is 1. The van der Waals surface area contributed by atoms with Crippen molar-refractivity contribution in [3.63, 3.8) is 0 Å². The van der Waals surface area contributed by atoms with Gasteiger partial charge in [-0.15, -0.1) is 0 Å². The molecule has 2 aliphatic heterocycles. The van der Waals surface area contributed by atoms with E-state index >= 15 is 0 Å². The Morgan fingerprint density at radius 2 is 1.93 bits per heavy atom. The zero-order valence-corrected chi connectivity index (χ0v) is 17.5. The molecule has 0 saturated carbocycles. The third-order valence-electron chi connectivity index (χ3n) is 5.33. The van der Waals surface area contributed by atoms with E-state index in [-0.39, 0.29) is 6.10 Å². The first kappa shape index (κ1) is 21.1. The van der Waals surface area contributed by atoms with Crippen molar-refractivity contribution in [1.29, 1.82) is 0 Å². The summed E-state index contributed by atoms with van der Waals surface area (Å²) in [7, 11) is -3.38. The number of benzene rings is 1. The Balaban J connectivity index is 1.48. The lowest BCUT2D eigenvalue weighted by Gasteiger charge is -2.30. The molecule has 1 atom stereocenters. The van der Waals surface area contributed by atoms with E-state index in [4.69, 9.17) is 9.73 Å². The molecule has 1 unspecified atom stereocenters. The number of piperidine rings is 1. The molecule has 2 saturated heterocycles. The van der Waals surface area contributed by atoms with E-state index in [1.165, 1.54) is 0 Å². The molecule has 0 bridgehead atoms. The van der Waals surface area contributed by atoms with E-state index in [0.29, 0.717) is 30.4 Å². The second-order valence-corrected chi connectivity index (χ2v) is 9.33. The smallest absolute Gasteiger partial charge is 0.243 e. The Labute approximate surface area is 168 Å². The highest BCUT2D eigenvalue weighted by Gasteiger charge is 2.29. The Morgan fingerprint density at radius 1 is 1.18 bits per heavy atom. The molecule has 2 fully saturated rings. The Kier molecular flexibility index (Phi) is 7.70. The van der Waals surface area contributed by atoms with Crippen molar-refractivity contribution in [2.24, 2.45) is 10.9 Å². The molecule has 0 aliphatic carbocycles. The van der Waals surface area contributed by atoms with Crippen LogP contribution in [0.5, 0.6) is 0 Å². The second-order valence-electron chi connectivity index (χ2n) is 7.40. The van der Waals surface area contributed by atoms with Gasteiger partial charge >= 0.3 is 0 Å². The maximum atomic E-state index is 12.7. The van der Waals surface area contributed by atoms with Crippen LogP contribution in [0.4, 0.5) is 0 Å². The minimum Gasteiger partial charge on any atom is -0.376 e.